The van der Waals surface area contributed by atoms with E-state index in [2.05, 4.69) is 4.98 Å². The fourth-order valence-corrected chi connectivity index (χ4v) is 5.12. The standard InChI is InChI=1S/C22H23N3O5S2/c1-24(2)11-12-25(20(26)10-8-15-7-9-16-17(13-15)30-14-29-16)22-23-21-18(31-22)5-4-6-19(21)32(3,27)28/h4-10,13H,11-12,14H2,1-3H3. The molecule has 0 spiro atoms. The Bertz CT molecular complexity index is 1300. The average molecular weight is 474 g/mol. The fraction of sp³-hybridized carbons (Fsp3) is 0.273. The molecule has 1 amide bonds. The summed E-state index contributed by atoms with van der Waals surface area (Å²) in [5.41, 5.74) is 1.19. The number of carbonyl (C=O) groups excluding carboxylic acids is 1. The van der Waals surface area contributed by atoms with Crippen LogP contribution in [-0.4, -0.2) is 64.4 Å². The number of nitrogens with zero attached hydrogens (tertiary/aromatic N) is 3. The van der Waals surface area contributed by atoms with Gasteiger partial charge in [-0.25, -0.2) is 13.4 Å². The number of hydrogen-bond donors (Lipinski definition) is 0. The van der Waals surface area contributed by atoms with Gasteiger partial charge >= 0.3 is 0 Å². The Morgan fingerprint density at radius 2 is 1.94 bits per heavy atom. The van der Waals surface area contributed by atoms with E-state index in [1.165, 1.54) is 23.5 Å². The summed E-state index contributed by atoms with van der Waals surface area (Å²) in [5, 5.41) is 0.457. The van der Waals surface area contributed by atoms with Gasteiger partial charge in [0.05, 0.1) is 9.60 Å². The maximum absolute atomic E-state index is 13.1. The first-order chi connectivity index (χ1) is 15.2. The third kappa shape index (κ3) is 4.77. The number of amides is 1. The molecule has 0 fully saturated rings. The van der Waals surface area contributed by atoms with Gasteiger partial charge in [-0.15, -0.1) is 0 Å². The van der Waals surface area contributed by atoms with Crippen LogP contribution in [0.1, 0.15) is 5.56 Å². The summed E-state index contributed by atoms with van der Waals surface area (Å²) < 4.78 is 35.7. The van der Waals surface area contributed by atoms with Crippen LogP contribution in [0.15, 0.2) is 47.4 Å². The molecule has 0 unspecified atom stereocenters. The Morgan fingerprint density at radius 1 is 1.16 bits per heavy atom. The molecule has 0 saturated carbocycles. The molecule has 1 aliphatic heterocycles. The number of fused-ring (bicyclic) bond motifs is 2. The highest BCUT2D eigenvalue weighted by atomic mass is 32.2. The smallest absolute Gasteiger partial charge is 0.252 e. The molecule has 3 aromatic rings. The minimum absolute atomic E-state index is 0.161. The molecule has 32 heavy (non-hydrogen) atoms. The molecule has 1 aliphatic rings. The van der Waals surface area contributed by atoms with E-state index >= 15 is 0 Å². The first-order valence-corrected chi connectivity index (χ1v) is 12.6. The van der Waals surface area contributed by atoms with Crippen molar-refractivity contribution in [3.05, 3.63) is 48.0 Å². The van der Waals surface area contributed by atoms with Crippen molar-refractivity contribution in [1.29, 1.82) is 0 Å². The van der Waals surface area contributed by atoms with E-state index in [0.29, 0.717) is 39.9 Å². The van der Waals surface area contributed by atoms with Crippen LogP contribution in [0.3, 0.4) is 0 Å². The molecule has 0 N–H and O–H groups in total. The van der Waals surface area contributed by atoms with Gasteiger partial charge in [0.2, 0.25) is 6.79 Å². The molecule has 10 heteroatoms. The van der Waals surface area contributed by atoms with E-state index in [9.17, 15) is 13.2 Å². The monoisotopic (exact) mass is 473 g/mol. The summed E-state index contributed by atoms with van der Waals surface area (Å²) in [6, 6.07) is 10.5. The minimum Gasteiger partial charge on any atom is -0.454 e. The first kappa shape index (κ1) is 22.3. The van der Waals surface area contributed by atoms with E-state index < -0.39 is 9.84 Å². The van der Waals surface area contributed by atoms with Crippen molar-refractivity contribution in [2.45, 2.75) is 4.90 Å². The number of aromatic nitrogens is 1. The number of para-hydroxylation sites is 1. The van der Waals surface area contributed by atoms with E-state index in [0.717, 1.165) is 11.8 Å². The van der Waals surface area contributed by atoms with Gasteiger partial charge in [-0.1, -0.05) is 23.5 Å². The van der Waals surface area contributed by atoms with Crippen molar-refractivity contribution < 1.29 is 22.7 Å². The number of benzene rings is 2. The third-order valence-corrected chi connectivity index (χ3v) is 7.02. The Hall–Kier alpha value is -2.95. The number of thiazole rings is 1. The van der Waals surface area contributed by atoms with Crippen LogP contribution in [0, 0.1) is 0 Å². The number of rotatable bonds is 7. The van der Waals surface area contributed by atoms with Crippen LogP contribution in [0.25, 0.3) is 16.3 Å². The quantitative estimate of drug-likeness (QED) is 0.487. The zero-order chi connectivity index (χ0) is 22.9. The van der Waals surface area contributed by atoms with E-state index in [1.807, 2.05) is 37.2 Å². The van der Waals surface area contributed by atoms with E-state index in [1.54, 1.807) is 23.1 Å². The van der Waals surface area contributed by atoms with Crippen LogP contribution < -0.4 is 14.4 Å². The molecular formula is C22H23N3O5S2. The Kier molecular flexibility index (Phi) is 6.18. The van der Waals surface area contributed by atoms with Crippen LogP contribution in [0.2, 0.25) is 0 Å². The molecule has 2 aromatic carbocycles. The highest BCUT2D eigenvalue weighted by Gasteiger charge is 2.21. The number of hydrogen-bond acceptors (Lipinski definition) is 8. The van der Waals surface area contributed by atoms with Crippen LogP contribution in [0.4, 0.5) is 5.13 Å². The van der Waals surface area contributed by atoms with Crippen molar-refractivity contribution in [2.24, 2.45) is 0 Å². The summed E-state index contributed by atoms with van der Waals surface area (Å²) in [6.45, 7) is 1.22. The number of carbonyl (C=O) groups is 1. The maximum atomic E-state index is 13.1. The molecule has 168 valence electrons. The van der Waals surface area contributed by atoms with Gasteiger partial charge in [-0.05, 0) is 50.0 Å². The van der Waals surface area contributed by atoms with E-state index in [-0.39, 0.29) is 17.6 Å². The largest absolute Gasteiger partial charge is 0.454 e. The number of sulfone groups is 1. The molecule has 4 rings (SSSR count). The molecular weight excluding hydrogens is 450 g/mol. The van der Waals surface area contributed by atoms with Gasteiger partial charge in [0, 0.05) is 25.4 Å². The van der Waals surface area contributed by atoms with Gasteiger partial charge < -0.3 is 14.4 Å². The predicted octanol–water partition coefficient (Wildman–Crippen LogP) is 3.04. The van der Waals surface area contributed by atoms with Gasteiger partial charge in [-0.3, -0.25) is 9.69 Å². The zero-order valence-corrected chi connectivity index (χ0v) is 19.6. The molecule has 0 bridgehead atoms. The average Bonchev–Trinajstić information content (AvgIpc) is 3.37. The summed E-state index contributed by atoms with van der Waals surface area (Å²) in [4.78, 5) is 21.4. The molecule has 0 aliphatic carbocycles. The molecule has 0 atom stereocenters. The minimum atomic E-state index is -3.44. The predicted molar refractivity (Wildman–Crippen MR) is 125 cm³/mol. The van der Waals surface area contributed by atoms with Crippen LogP contribution in [-0.2, 0) is 14.6 Å². The summed E-state index contributed by atoms with van der Waals surface area (Å²) in [7, 11) is 0.401. The fourth-order valence-electron chi connectivity index (χ4n) is 3.20. The lowest BCUT2D eigenvalue weighted by Crippen LogP contribution is -2.35. The second-order valence-electron chi connectivity index (χ2n) is 7.61. The summed E-state index contributed by atoms with van der Waals surface area (Å²) >= 11 is 1.29. The van der Waals surface area contributed by atoms with Crippen molar-refractivity contribution in [3.8, 4) is 11.5 Å². The maximum Gasteiger partial charge on any atom is 0.252 e. The Labute approximate surface area is 190 Å². The van der Waals surface area contributed by atoms with Crippen molar-refractivity contribution in [1.82, 2.24) is 9.88 Å². The lowest BCUT2D eigenvalue weighted by Gasteiger charge is -2.20. The second-order valence-corrected chi connectivity index (χ2v) is 10.6. The normalized spacial score (nSPS) is 13.4. The molecule has 1 aromatic heterocycles. The van der Waals surface area contributed by atoms with Gasteiger partial charge in [0.1, 0.15) is 5.52 Å². The molecule has 8 nitrogen and oxygen atoms in total. The SMILES string of the molecule is CN(C)CCN(C(=O)C=Cc1ccc2c(c1)OCO2)c1nc2c(S(C)(=O)=O)cccc2s1. The van der Waals surface area contributed by atoms with Crippen molar-refractivity contribution >= 4 is 48.5 Å². The highest BCUT2D eigenvalue weighted by molar-refractivity contribution is 7.91. The molecule has 0 radical (unpaired) electrons. The van der Waals surface area contributed by atoms with Crippen LogP contribution in [0.5, 0.6) is 11.5 Å². The molecule has 2 heterocycles. The number of ether oxygens (including phenoxy) is 2. The van der Waals surface area contributed by atoms with E-state index in [4.69, 9.17) is 9.47 Å². The number of anilines is 1. The molecule has 0 saturated heterocycles. The topological polar surface area (TPSA) is 89.0 Å². The Morgan fingerprint density at radius 3 is 2.69 bits per heavy atom. The lowest BCUT2D eigenvalue weighted by atomic mass is 10.2. The third-order valence-electron chi connectivity index (χ3n) is 4.85. The number of likely N-dealkylation sites (N-methyl/N-ethyl adjacent to an activating group) is 1. The van der Waals surface area contributed by atoms with Crippen molar-refractivity contribution in [2.75, 3.05) is 45.1 Å². The lowest BCUT2D eigenvalue weighted by molar-refractivity contribution is -0.114. The van der Waals surface area contributed by atoms with Gasteiger partial charge in [0.25, 0.3) is 5.91 Å². The first-order valence-electron chi connectivity index (χ1n) is 9.86. The highest BCUT2D eigenvalue weighted by Crippen LogP contribution is 2.34. The second kappa shape index (κ2) is 8.89. The van der Waals surface area contributed by atoms with Crippen LogP contribution >= 0.6 is 11.3 Å². The van der Waals surface area contributed by atoms with Gasteiger partial charge in [0.15, 0.2) is 26.5 Å². The van der Waals surface area contributed by atoms with Gasteiger partial charge in [-0.2, -0.15) is 0 Å². The zero-order valence-electron chi connectivity index (χ0n) is 17.9. The summed E-state index contributed by atoms with van der Waals surface area (Å²) in [5.74, 6) is 1.07. The Balaban J connectivity index is 1.65. The summed E-state index contributed by atoms with van der Waals surface area (Å²) in [6.07, 6.45) is 4.35. The van der Waals surface area contributed by atoms with Crippen molar-refractivity contribution in [3.63, 3.8) is 0 Å².